The van der Waals surface area contributed by atoms with Crippen LogP contribution in [0.4, 0.5) is 0 Å². The van der Waals surface area contributed by atoms with Crippen LogP contribution >= 0.6 is 0 Å². The van der Waals surface area contributed by atoms with Crippen molar-refractivity contribution in [3.63, 3.8) is 0 Å². The molecule has 0 saturated carbocycles. The van der Waals surface area contributed by atoms with Gasteiger partial charge in [-0.1, -0.05) is 91.0 Å². The quantitative estimate of drug-likeness (QED) is 0.650. The molecule has 3 N–H and O–H groups in total. The highest BCUT2D eigenvalue weighted by Gasteiger charge is 2.30. The molecule has 0 saturated heterocycles. The molecule has 0 aliphatic heterocycles. The Morgan fingerprint density at radius 2 is 0.750 bits per heavy atom. The maximum atomic E-state index is 4.66. The van der Waals surface area contributed by atoms with Gasteiger partial charge in [0.25, 0.3) is 0 Å². The van der Waals surface area contributed by atoms with Gasteiger partial charge in [0.2, 0.25) is 0 Å². The standard InChI is InChI=1S/C22H23N.BrH/c23-22(16-19-10-4-1-5-11-19,17-20-12-6-2-7-13-20)18-21-14-8-3-9-15-21;/h1-15H,16-18,23H2;1H. The molecular weight excluding hydrogens is 358 g/mol. The van der Waals surface area contributed by atoms with E-state index in [2.05, 4.69) is 96.7 Å². The Hall–Kier alpha value is -1.90. The molecule has 124 valence electrons. The largest absolute Gasteiger partial charge is 1.00 e. The van der Waals surface area contributed by atoms with Gasteiger partial charge >= 0.3 is 0 Å². The zero-order valence-electron chi connectivity index (χ0n) is 13.9. The third-order valence-corrected chi connectivity index (χ3v) is 4.27. The second-order valence-corrected chi connectivity index (χ2v) is 6.49. The van der Waals surface area contributed by atoms with Crippen molar-refractivity contribution in [1.29, 1.82) is 0 Å². The van der Waals surface area contributed by atoms with Crippen molar-refractivity contribution in [2.75, 3.05) is 0 Å². The summed E-state index contributed by atoms with van der Waals surface area (Å²) in [6.07, 6.45) is 2.95. The van der Waals surface area contributed by atoms with Gasteiger partial charge in [0.15, 0.2) is 0 Å². The van der Waals surface area contributed by atoms with Crippen LogP contribution in [-0.2, 0) is 19.3 Å². The monoisotopic (exact) mass is 381 g/mol. The molecule has 3 aromatic rings. The molecule has 0 fully saturated rings. The molecular formula is C22H24BrN. The molecule has 24 heavy (non-hydrogen) atoms. The summed E-state index contributed by atoms with van der Waals surface area (Å²) in [6.45, 7) is 0. The molecule has 0 amide bonds. The van der Waals surface area contributed by atoms with E-state index in [1.807, 2.05) is 0 Å². The summed E-state index contributed by atoms with van der Waals surface area (Å²) in [4.78, 5) is 0. The fourth-order valence-electron chi connectivity index (χ4n) is 3.27. The number of quaternary nitrogens is 1. The lowest BCUT2D eigenvalue weighted by Crippen LogP contribution is -3.00. The fraction of sp³-hybridized carbons (Fsp3) is 0.182. The minimum absolute atomic E-state index is 0. The van der Waals surface area contributed by atoms with Crippen LogP contribution in [0.3, 0.4) is 0 Å². The van der Waals surface area contributed by atoms with Crippen LogP contribution in [-0.4, -0.2) is 5.54 Å². The van der Waals surface area contributed by atoms with E-state index in [-0.39, 0.29) is 22.5 Å². The smallest absolute Gasteiger partial charge is 0.107 e. The third kappa shape index (κ3) is 5.33. The Morgan fingerprint density at radius 3 is 1.00 bits per heavy atom. The van der Waals surface area contributed by atoms with Gasteiger partial charge in [-0.3, -0.25) is 0 Å². The fourth-order valence-corrected chi connectivity index (χ4v) is 3.27. The molecule has 0 heterocycles. The van der Waals surface area contributed by atoms with Crippen molar-refractivity contribution in [3.8, 4) is 0 Å². The van der Waals surface area contributed by atoms with Gasteiger partial charge in [-0.25, -0.2) is 0 Å². The first-order valence-electron chi connectivity index (χ1n) is 8.21. The number of hydrogen-bond donors (Lipinski definition) is 1. The lowest BCUT2D eigenvalue weighted by Gasteiger charge is -2.27. The minimum atomic E-state index is -0.0376. The molecule has 0 unspecified atom stereocenters. The summed E-state index contributed by atoms with van der Waals surface area (Å²) in [6, 6.07) is 32.1. The minimum Gasteiger partial charge on any atom is -1.00 e. The highest BCUT2D eigenvalue weighted by atomic mass is 79.9. The molecule has 0 aliphatic carbocycles. The van der Waals surface area contributed by atoms with Crippen molar-refractivity contribution < 1.29 is 22.7 Å². The van der Waals surface area contributed by atoms with Gasteiger partial charge < -0.3 is 22.7 Å². The molecule has 0 radical (unpaired) electrons. The lowest BCUT2D eigenvalue weighted by atomic mass is 9.81. The third-order valence-electron chi connectivity index (χ3n) is 4.27. The van der Waals surface area contributed by atoms with Gasteiger partial charge in [-0.2, -0.15) is 0 Å². The van der Waals surface area contributed by atoms with Crippen LogP contribution in [0.5, 0.6) is 0 Å². The Bertz CT molecular complexity index is 609. The summed E-state index contributed by atoms with van der Waals surface area (Å²) in [5, 5.41) is 0. The SMILES string of the molecule is [Br-].[NH3+]C(Cc1ccccc1)(Cc1ccccc1)Cc1ccccc1. The van der Waals surface area contributed by atoms with Gasteiger partial charge in [0, 0.05) is 19.3 Å². The van der Waals surface area contributed by atoms with Crippen molar-refractivity contribution >= 4 is 0 Å². The summed E-state index contributed by atoms with van der Waals surface area (Å²) < 4.78 is 0. The Morgan fingerprint density at radius 1 is 0.500 bits per heavy atom. The molecule has 1 nitrogen and oxygen atoms in total. The van der Waals surface area contributed by atoms with Crippen molar-refractivity contribution in [3.05, 3.63) is 108 Å². The van der Waals surface area contributed by atoms with Crippen LogP contribution in [0.15, 0.2) is 91.0 Å². The summed E-state index contributed by atoms with van der Waals surface area (Å²) >= 11 is 0. The first kappa shape index (κ1) is 18.4. The van der Waals surface area contributed by atoms with Crippen LogP contribution in [0.25, 0.3) is 0 Å². The Labute approximate surface area is 155 Å². The average Bonchev–Trinajstić information content (AvgIpc) is 2.57. The van der Waals surface area contributed by atoms with Gasteiger partial charge in [0.1, 0.15) is 5.54 Å². The highest BCUT2D eigenvalue weighted by molar-refractivity contribution is 5.24. The summed E-state index contributed by atoms with van der Waals surface area (Å²) in [7, 11) is 0. The molecule has 0 atom stereocenters. The van der Waals surface area contributed by atoms with Crippen LogP contribution in [0, 0.1) is 0 Å². The Kier molecular flexibility index (Phi) is 6.77. The molecule has 0 aliphatic rings. The lowest BCUT2D eigenvalue weighted by molar-refractivity contribution is -0.477. The average molecular weight is 382 g/mol. The maximum absolute atomic E-state index is 4.66. The van der Waals surface area contributed by atoms with Crippen molar-refractivity contribution in [2.45, 2.75) is 24.8 Å². The van der Waals surface area contributed by atoms with Crippen LogP contribution in [0.2, 0.25) is 0 Å². The normalized spacial score (nSPS) is 10.9. The number of benzene rings is 3. The van der Waals surface area contributed by atoms with Gasteiger partial charge in [-0.15, -0.1) is 0 Å². The molecule has 3 aromatic carbocycles. The first-order valence-corrected chi connectivity index (χ1v) is 8.21. The highest BCUT2D eigenvalue weighted by Crippen LogP contribution is 2.20. The summed E-state index contributed by atoms with van der Waals surface area (Å²) in [5.41, 5.74) is 8.69. The van der Waals surface area contributed by atoms with Crippen molar-refractivity contribution in [2.24, 2.45) is 0 Å². The number of rotatable bonds is 6. The number of halogens is 1. The van der Waals surface area contributed by atoms with E-state index in [1.165, 1.54) is 16.7 Å². The van der Waals surface area contributed by atoms with E-state index in [0.717, 1.165) is 19.3 Å². The van der Waals surface area contributed by atoms with E-state index in [0.29, 0.717) is 0 Å². The zero-order chi connectivity index (χ0) is 16.0. The van der Waals surface area contributed by atoms with E-state index in [4.69, 9.17) is 0 Å². The predicted molar refractivity (Wildman–Crippen MR) is 96.1 cm³/mol. The van der Waals surface area contributed by atoms with Crippen LogP contribution in [0.1, 0.15) is 16.7 Å². The second kappa shape index (κ2) is 8.81. The van der Waals surface area contributed by atoms with E-state index in [1.54, 1.807) is 0 Å². The first-order chi connectivity index (χ1) is 11.2. The molecule has 0 aromatic heterocycles. The van der Waals surface area contributed by atoms with Crippen LogP contribution < -0.4 is 22.7 Å². The molecule has 0 bridgehead atoms. The second-order valence-electron chi connectivity index (χ2n) is 6.49. The summed E-state index contributed by atoms with van der Waals surface area (Å²) in [5.74, 6) is 0. The van der Waals surface area contributed by atoms with Gasteiger partial charge in [0.05, 0.1) is 0 Å². The maximum Gasteiger partial charge on any atom is 0.107 e. The topological polar surface area (TPSA) is 27.6 Å². The van der Waals surface area contributed by atoms with Crippen molar-refractivity contribution in [1.82, 2.24) is 0 Å². The molecule has 3 rings (SSSR count). The van der Waals surface area contributed by atoms with E-state index >= 15 is 0 Å². The predicted octanol–water partition coefficient (Wildman–Crippen LogP) is 0.699. The van der Waals surface area contributed by atoms with E-state index in [9.17, 15) is 0 Å². The van der Waals surface area contributed by atoms with E-state index < -0.39 is 0 Å². The molecule has 0 spiro atoms. The zero-order valence-corrected chi connectivity index (χ0v) is 15.5. The van der Waals surface area contributed by atoms with Gasteiger partial charge in [-0.05, 0) is 16.7 Å². The Balaban J connectivity index is 0.00000208. The number of hydrogen-bond acceptors (Lipinski definition) is 0. The molecule has 2 heteroatoms.